The Morgan fingerprint density at radius 3 is 2.00 bits per heavy atom. The first-order valence-corrected chi connectivity index (χ1v) is 7.03. The van der Waals surface area contributed by atoms with E-state index >= 15 is 0 Å². The average molecular weight is 252 g/mol. The molecule has 0 aromatic carbocycles. The second-order valence-electron chi connectivity index (χ2n) is 6.08. The number of carbonyl (C=O) groups is 2. The van der Waals surface area contributed by atoms with Crippen LogP contribution in [0, 0.1) is 5.41 Å². The summed E-state index contributed by atoms with van der Waals surface area (Å²) < 4.78 is 0. The number of nitrogens with zero attached hydrogens (tertiary/aromatic N) is 2. The summed E-state index contributed by atoms with van der Waals surface area (Å²) in [4.78, 5) is 27.2. The van der Waals surface area contributed by atoms with Crippen LogP contribution in [-0.4, -0.2) is 47.8 Å². The zero-order chi connectivity index (χ0) is 13.2. The predicted octanol–water partition coefficient (Wildman–Crippen LogP) is 1.65. The van der Waals surface area contributed by atoms with E-state index in [0.29, 0.717) is 32.6 Å². The van der Waals surface area contributed by atoms with Crippen molar-refractivity contribution in [3.8, 4) is 0 Å². The highest BCUT2D eigenvalue weighted by Gasteiger charge is 2.33. The molecular formula is C14H24N2O2. The van der Waals surface area contributed by atoms with Crippen LogP contribution in [0.1, 0.15) is 46.0 Å². The molecule has 18 heavy (non-hydrogen) atoms. The number of amides is 2. The van der Waals surface area contributed by atoms with Crippen LogP contribution in [0.5, 0.6) is 0 Å². The van der Waals surface area contributed by atoms with E-state index in [9.17, 15) is 9.59 Å². The molecule has 0 radical (unpaired) electrons. The molecule has 2 rings (SSSR count). The van der Waals surface area contributed by atoms with Gasteiger partial charge in [-0.25, -0.2) is 0 Å². The first-order valence-electron chi connectivity index (χ1n) is 7.03. The number of piperazine rings is 1. The average Bonchev–Trinajstić information content (AvgIpc) is 2.76. The number of hydrogen-bond donors (Lipinski definition) is 0. The lowest BCUT2D eigenvalue weighted by molar-refractivity contribution is -0.139. The largest absolute Gasteiger partial charge is 0.339 e. The topological polar surface area (TPSA) is 40.6 Å². The van der Waals surface area contributed by atoms with Crippen molar-refractivity contribution < 1.29 is 9.59 Å². The molecule has 4 nitrogen and oxygen atoms in total. The highest BCUT2D eigenvalue weighted by atomic mass is 16.2. The summed E-state index contributed by atoms with van der Waals surface area (Å²) in [6, 6.07) is 0. The standard InChI is InChI=1S/C14H24N2O2/c1-12(17)15-7-9-16(10-8-15)13(18)11-14(2)5-3-4-6-14/h3-11H2,1-2H3. The molecular weight excluding hydrogens is 228 g/mol. The quantitative estimate of drug-likeness (QED) is 0.749. The minimum atomic E-state index is 0.116. The van der Waals surface area contributed by atoms with Gasteiger partial charge in [0.1, 0.15) is 0 Å². The molecule has 1 aliphatic heterocycles. The maximum Gasteiger partial charge on any atom is 0.223 e. The molecule has 1 aliphatic carbocycles. The van der Waals surface area contributed by atoms with Crippen molar-refractivity contribution in [2.24, 2.45) is 5.41 Å². The fourth-order valence-electron chi connectivity index (χ4n) is 3.15. The van der Waals surface area contributed by atoms with Crippen LogP contribution >= 0.6 is 0 Å². The van der Waals surface area contributed by atoms with Crippen molar-refractivity contribution in [3.63, 3.8) is 0 Å². The van der Waals surface area contributed by atoms with Gasteiger partial charge in [-0.2, -0.15) is 0 Å². The summed E-state index contributed by atoms with van der Waals surface area (Å²) in [6.45, 7) is 6.62. The fraction of sp³-hybridized carbons (Fsp3) is 0.857. The third-order valence-electron chi connectivity index (χ3n) is 4.47. The van der Waals surface area contributed by atoms with E-state index in [1.54, 1.807) is 6.92 Å². The molecule has 2 amide bonds. The Labute approximate surface area is 109 Å². The van der Waals surface area contributed by atoms with Crippen LogP contribution in [0.2, 0.25) is 0 Å². The Balaban J connectivity index is 1.82. The van der Waals surface area contributed by atoms with E-state index in [0.717, 1.165) is 0 Å². The van der Waals surface area contributed by atoms with Crippen molar-refractivity contribution in [2.45, 2.75) is 46.0 Å². The Morgan fingerprint density at radius 2 is 1.50 bits per heavy atom. The Bertz CT molecular complexity index is 327. The SMILES string of the molecule is CC(=O)N1CCN(C(=O)CC2(C)CCCC2)CC1. The van der Waals surface area contributed by atoms with Crippen LogP contribution < -0.4 is 0 Å². The maximum atomic E-state index is 12.3. The smallest absolute Gasteiger partial charge is 0.223 e. The highest BCUT2D eigenvalue weighted by molar-refractivity contribution is 5.78. The molecule has 0 N–H and O–H groups in total. The van der Waals surface area contributed by atoms with Crippen molar-refractivity contribution in [1.29, 1.82) is 0 Å². The zero-order valence-electron chi connectivity index (χ0n) is 11.6. The summed E-state index contributed by atoms with van der Waals surface area (Å²) in [5.74, 6) is 0.396. The zero-order valence-corrected chi connectivity index (χ0v) is 11.6. The van der Waals surface area contributed by atoms with Crippen molar-refractivity contribution >= 4 is 11.8 Å². The minimum absolute atomic E-state index is 0.116. The molecule has 0 unspecified atom stereocenters. The normalized spacial score (nSPS) is 23.2. The van der Waals surface area contributed by atoms with E-state index in [1.807, 2.05) is 9.80 Å². The molecule has 1 saturated heterocycles. The van der Waals surface area contributed by atoms with Crippen molar-refractivity contribution in [1.82, 2.24) is 9.80 Å². The molecule has 1 saturated carbocycles. The first-order chi connectivity index (χ1) is 8.50. The molecule has 2 fully saturated rings. The lowest BCUT2D eigenvalue weighted by Gasteiger charge is -2.36. The van der Waals surface area contributed by atoms with Crippen molar-refractivity contribution in [2.75, 3.05) is 26.2 Å². The van der Waals surface area contributed by atoms with E-state index in [1.165, 1.54) is 25.7 Å². The van der Waals surface area contributed by atoms with E-state index in [2.05, 4.69) is 6.92 Å². The molecule has 2 aliphatic rings. The van der Waals surface area contributed by atoms with Crippen LogP contribution in [-0.2, 0) is 9.59 Å². The Hall–Kier alpha value is -1.06. The van der Waals surface area contributed by atoms with Crippen LogP contribution in [0.15, 0.2) is 0 Å². The van der Waals surface area contributed by atoms with Gasteiger partial charge in [-0.3, -0.25) is 9.59 Å². The Morgan fingerprint density at radius 1 is 1.00 bits per heavy atom. The molecule has 1 heterocycles. The molecule has 0 bridgehead atoms. The van der Waals surface area contributed by atoms with Gasteiger partial charge in [0.15, 0.2) is 0 Å². The summed E-state index contributed by atoms with van der Waals surface area (Å²) in [7, 11) is 0. The van der Waals surface area contributed by atoms with Gasteiger partial charge in [0, 0.05) is 39.5 Å². The lowest BCUT2D eigenvalue weighted by Crippen LogP contribution is -2.50. The lowest BCUT2D eigenvalue weighted by atomic mass is 9.84. The van der Waals surface area contributed by atoms with Crippen molar-refractivity contribution in [3.05, 3.63) is 0 Å². The monoisotopic (exact) mass is 252 g/mol. The number of carbonyl (C=O) groups excluding carboxylic acids is 2. The molecule has 4 heteroatoms. The van der Waals surface area contributed by atoms with Crippen LogP contribution in [0.3, 0.4) is 0 Å². The summed E-state index contributed by atoms with van der Waals surface area (Å²) in [6.07, 6.45) is 5.59. The fourth-order valence-corrected chi connectivity index (χ4v) is 3.15. The molecule has 102 valence electrons. The molecule has 0 aromatic heterocycles. The third-order valence-corrected chi connectivity index (χ3v) is 4.47. The van der Waals surface area contributed by atoms with Gasteiger partial charge < -0.3 is 9.80 Å². The van der Waals surface area contributed by atoms with Gasteiger partial charge in [0.2, 0.25) is 11.8 Å². The van der Waals surface area contributed by atoms with E-state index < -0.39 is 0 Å². The van der Waals surface area contributed by atoms with Gasteiger partial charge in [0.05, 0.1) is 0 Å². The third kappa shape index (κ3) is 3.03. The summed E-state index contributed by atoms with van der Waals surface area (Å²) >= 11 is 0. The van der Waals surface area contributed by atoms with Gasteiger partial charge in [-0.15, -0.1) is 0 Å². The molecule has 0 aromatic rings. The van der Waals surface area contributed by atoms with E-state index in [4.69, 9.17) is 0 Å². The highest BCUT2D eigenvalue weighted by Crippen LogP contribution is 2.40. The van der Waals surface area contributed by atoms with Gasteiger partial charge >= 0.3 is 0 Å². The van der Waals surface area contributed by atoms with E-state index in [-0.39, 0.29) is 17.2 Å². The maximum absolute atomic E-state index is 12.3. The van der Waals surface area contributed by atoms with Gasteiger partial charge in [0.25, 0.3) is 0 Å². The Kier molecular flexibility index (Phi) is 3.93. The van der Waals surface area contributed by atoms with Gasteiger partial charge in [-0.05, 0) is 18.3 Å². The number of rotatable bonds is 2. The predicted molar refractivity (Wildman–Crippen MR) is 70.0 cm³/mol. The summed E-state index contributed by atoms with van der Waals surface area (Å²) in [5, 5.41) is 0. The molecule has 0 spiro atoms. The second kappa shape index (κ2) is 5.29. The van der Waals surface area contributed by atoms with Crippen LogP contribution in [0.25, 0.3) is 0 Å². The van der Waals surface area contributed by atoms with Gasteiger partial charge in [-0.1, -0.05) is 19.8 Å². The van der Waals surface area contributed by atoms with Crippen LogP contribution in [0.4, 0.5) is 0 Å². The molecule has 0 atom stereocenters. The number of hydrogen-bond acceptors (Lipinski definition) is 2. The second-order valence-corrected chi connectivity index (χ2v) is 6.08. The summed E-state index contributed by atoms with van der Waals surface area (Å²) in [5.41, 5.74) is 0.231. The first kappa shape index (κ1) is 13.4. The minimum Gasteiger partial charge on any atom is -0.339 e.